The van der Waals surface area contributed by atoms with E-state index < -0.39 is 0 Å². The lowest BCUT2D eigenvalue weighted by Gasteiger charge is -2.11. The molecule has 0 aromatic heterocycles. The van der Waals surface area contributed by atoms with E-state index in [0.29, 0.717) is 12.8 Å². The van der Waals surface area contributed by atoms with E-state index in [9.17, 15) is 9.59 Å². The van der Waals surface area contributed by atoms with Crippen molar-refractivity contribution in [3.8, 4) is 0 Å². The van der Waals surface area contributed by atoms with Crippen LogP contribution in [0.5, 0.6) is 0 Å². The van der Waals surface area contributed by atoms with Crippen molar-refractivity contribution in [2.45, 2.75) is 52.5 Å². The third-order valence-electron chi connectivity index (χ3n) is 2.11. The maximum absolute atomic E-state index is 11.3. The highest BCUT2D eigenvalue weighted by Crippen LogP contribution is 1.96. The van der Waals surface area contributed by atoms with Crippen molar-refractivity contribution in [1.82, 2.24) is 10.6 Å². The molecule has 2 amide bonds. The Balaban J connectivity index is 3.48. The van der Waals surface area contributed by atoms with Crippen LogP contribution >= 0.6 is 0 Å². The monoisotopic (exact) mass is 214 g/mol. The third-order valence-corrected chi connectivity index (χ3v) is 2.11. The Morgan fingerprint density at radius 1 is 1.33 bits per heavy atom. The van der Waals surface area contributed by atoms with E-state index in [-0.39, 0.29) is 17.9 Å². The molecular weight excluding hydrogens is 192 g/mol. The molecule has 1 atom stereocenters. The normalized spacial score (nSPS) is 11.9. The van der Waals surface area contributed by atoms with Gasteiger partial charge in [0.2, 0.25) is 11.8 Å². The van der Waals surface area contributed by atoms with Crippen LogP contribution in [0, 0.1) is 0 Å². The Labute approximate surface area is 91.8 Å². The highest BCUT2D eigenvalue weighted by Gasteiger charge is 2.06. The second-order valence-corrected chi connectivity index (χ2v) is 3.84. The maximum atomic E-state index is 11.3. The molecule has 0 rings (SSSR count). The summed E-state index contributed by atoms with van der Waals surface area (Å²) in [5.74, 6) is 0.0227. The maximum Gasteiger partial charge on any atom is 0.220 e. The number of amides is 2. The van der Waals surface area contributed by atoms with Crippen LogP contribution in [-0.4, -0.2) is 24.4 Å². The van der Waals surface area contributed by atoms with Crippen LogP contribution in [-0.2, 0) is 9.59 Å². The average Bonchev–Trinajstić information content (AvgIpc) is 2.14. The molecule has 15 heavy (non-hydrogen) atoms. The minimum Gasteiger partial charge on any atom is -0.356 e. The molecular formula is C11H22N2O2. The zero-order valence-electron chi connectivity index (χ0n) is 9.93. The van der Waals surface area contributed by atoms with Crippen LogP contribution in [0.25, 0.3) is 0 Å². The molecule has 0 aliphatic rings. The Kier molecular flexibility index (Phi) is 7.68. The van der Waals surface area contributed by atoms with E-state index in [1.54, 1.807) is 0 Å². The van der Waals surface area contributed by atoms with Gasteiger partial charge in [-0.1, -0.05) is 13.3 Å². The molecule has 0 heterocycles. The summed E-state index contributed by atoms with van der Waals surface area (Å²) >= 11 is 0. The summed E-state index contributed by atoms with van der Waals surface area (Å²) < 4.78 is 0. The number of unbranched alkanes of at least 4 members (excludes halogenated alkanes) is 1. The molecule has 88 valence electrons. The van der Waals surface area contributed by atoms with Crippen LogP contribution in [0.3, 0.4) is 0 Å². The lowest BCUT2D eigenvalue weighted by atomic mass is 10.1. The smallest absolute Gasteiger partial charge is 0.220 e. The topological polar surface area (TPSA) is 58.2 Å². The van der Waals surface area contributed by atoms with Gasteiger partial charge in [0.25, 0.3) is 0 Å². The van der Waals surface area contributed by atoms with Gasteiger partial charge in [0.05, 0.1) is 0 Å². The van der Waals surface area contributed by atoms with Gasteiger partial charge in [-0.15, -0.1) is 0 Å². The molecule has 4 nitrogen and oxygen atoms in total. The molecule has 0 saturated carbocycles. The Morgan fingerprint density at radius 2 is 2.00 bits per heavy atom. The van der Waals surface area contributed by atoms with Crippen molar-refractivity contribution in [1.29, 1.82) is 0 Å². The zero-order valence-corrected chi connectivity index (χ0v) is 9.93. The van der Waals surface area contributed by atoms with E-state index in [2.05, 4.69) is 17.6 Å². The third kappa shape index (κ3) is 9.25. The second-order valence-electron chi connectivity index (χ2n) is 3.84. The molecule has 0 spiro atoms. The first kappa shape index (κ1) is 13.9. The molecule has 0 fully saturated rings. The standard InChI is InChI=1S/C11H22N2O2/c1-4-5-8-12-11(15)7-6-9(2)13-10(3)14/h9H,4-8H2,1-3H3,(H,12,15)(H,13,14). The quantitative estimate of drug-likeness (QED) is 0.626. The van der Waals surface area contributed by atoms with E-state index in [1.807, 2.05) is 6.92 Å². The van der Waals surface area contributed by atoms with E-state index in [0.717, 1.165) is 19.4 Å². The van der Waals surface area contributed by atoms with Gasteiger partial charge in [-0.05, 0) is 19.8 Å². The summed E-state index contributed by atoms with van der Waals surface area (Å²) in [6.45, 7) is 6.23. The molecule has 0 saturated heterocycles. The predicted octanol–water partition coefficient (Wildman–Crippen LogP) is 1.21. The summed E-state index contributed by atoms with van der Waals surface area (Å²) in [7, 11) is 0. The van der Waals surface area contributed by atoms with Gasteiger partial charge in [0, 0.05) is 25.9 Å². The minimum atomic E-state index is -0.0473. The molecule has 0 aromatic carbocycles. The van der Waals surface area contributed by atoms with Crippen LogP contribution in [0.1, 0.15) is 46.5 Å². The average molecular weight is 214 g/mol. The summed E-state index contributed by atoms with van der Waals surface area (Å²) in [6.07, 6.45) is 3.28. The van der Waals surface area contributed by atoms with Crippen LogP contribution < -0.4 is 10.6 Å². The first-order chi connectivity index (χ1) is 7.06. The van der Waals surface area contributed by atoms with Crippen molar-refractivity contribution in [2.75, 3.05) is 6.54 Å². The Hall–Kier alpha value is -1.06. The fourth-order valence-electron chi connectivity index (χ4n) is 1.26. The van der Waals surface area contributed by atoms with Crippen LogP contribution in [0.15, 0.2) is 0 Å². The lowest BCUT2D eigenvalue weighted by Crippen LogP contribution is -2.32. The molecule has 0 radical (unpaired) electrons. The molecule has 2 N–H and O–H groups in total. The summed E-state index contributed by atoms with van der Waals surface area (Å²) in [6, 6.07) is 0.0689. The number of carbonyl (C=O) groups excluding carboxylic acids is 2. The van der Waals surface area contributed by atoms with Crippen molar-refractivity contribution >= 4 is 11.8 Å². The predicted molar refractivity (Wildman–Crippen MR) is 60.4 cm³/mol. The van der Waals surface area contributed by atoms with Gasteiger partial charge >= 0.3 is 0 Å². The Bertz CT molecular complexity index is 205. The van der Waals surface area contributed by atoms with E-state index >= 15 is 0 Å². The largest absolute Gasteiger partial charge is 0.356 e. The van der Waals surface area contributed by atoms with Gasteiger partial charge < -0.3 is 10.6 Å². The fourth-order valence-corrected chi connectivity index (χ4v) is 1.26. The number of carbonyl (C=O) groups is 2. The first-order valence-corrected chi connectivity index (χ1v) is 5.60. The van der Waals surface area contributed by atoms with Gasteiger partial charge in [-0.3, -0.25) is 9.59 Å². The van der Waals surface area contributed by atoms with Crippen LogP contribution in [0.2, 0.25) is 0 Å². The van der Waals surface area contributed by atoms with E-state index in [1.165, 1.54) is 6.92 Å². The summed E-state index contributed by atoms with van der Waals surface area (Å²) in [5.41, 5.74) is 0. The highest BCUT2D eigenvalue weighted by molar-refractivity contribution is 5.76. The molecule has 0 aliphatic carbocycles. The molecule has 1 unspecified atom stereocenters. The second kappa shape index (κ2) is 8.26. The molecule has 0 aromatic rings. The molecule has 4 heteroatoms. The lowest BCUT2D eigenvalue weighted by molar-refractivity contribution is -0.122. The van der Waals surface area contributed by atoms with Crippen molar-refractivity contribution in [3.63, 3.8) is 0 Å². The van der Waals surface area contributed by atoms with Crippen molar-refractivity contribution in [3.05, 3.63) is 0 Å². The number of nitrogens with one attached hydrogen (secondary N) is 2. The van der Waals surface area contributed by atoms with E-state index in [4.69, 9.17) is 0 Å². The number of hydrogen-bond acceptors (Lipinski definition) is 2. The first-order valence-electron chi connectivity index (χ1n) is 5.60. The van der Waals surface area contributed by atoms with Gasteiger partial charge in [0.1, 0.15) is 0 Å². The molecule has 0 aliphatic heterocycles. The minimum absolute atomic E-state index is 0.0473. The highest BCUT2D eigenvalue weighted by atomic mass is 16.2. The number of hydrogen-bond donors (Lipinski definition) is 2. The molecule has 0 bridgehead atoms. The Morgan fingerprint density at radius 3 is 2.53 bits per heavy atom. The zero-order chi connectivity index (χ0) is 11.7. The number of rotatable bonds is 7. The van der Waals surface area contributed by atoms with Crippen molar-refractivity contribution in [2.24, 2.45) is 0 Å². The van der Waals surface area contributed by atoms with Gasteiger partial charge in [-0.25, -0.2) is 0 Å². The fraction of sp³-hybridized carbons (Fsp3) is 0.818. The van der Waals surface area contributed by atoms with Gasteiger partial charge in [-0.2, -0.15) is 0 Å². The summed E-state index contributed by atoms with van der Waals surface area (Å²) in [4.78, 5) is 22.0. The SMILES string of the molecule is CCCCNC(=O)CCC(C)NC(C)=O. The van der Waals surface area contributed by atoms with Crippen molar-refractivity contribution < 1.29 is 9.59 Å². The summed E-state index contributed by atoms with van der Waals surface area (Å²) in [5, 5.41) is 5.59. The van der Waals surface area contributed by atoms with Gasteiger partial charge in [0.15, 0.2) is 0 Å². The van der Waals surface area contributed by atoms with Crippen LogP contribution in [0.4, 0.5) is 0 Å².